The monoisotopic (exact) mass is 464 g/mol. The largest absolute Gasteiger partial charge is 0.467 e. The van der Waals surface area contributed by atoms with Crippen LogP contribution in [0.2, 0.25) is 0 Å². The van der Waals surface area contributed by atoms with Crippen LogP contribution in [0.1, 0.15) is 25.6 Å². The van der Waals surface area contributed by atoms with E-state index >= 15 is 0 Å². The van der Waals surface area contributed by atoms with Crippen LogP contribution >= 0.6 is 0 Å². The molecule has 0 amide bonds. The van der Waals surface area contributed by atoms with Gasteiger partial charge in [-0.2, -0.15) is 5.26 Å². The number of benzene rings is 2. The van der Waals surface area contributed by atoms with Gasteiger partial charge >= 0.3 is 6.01 Å². The molecule has 0 spiro atoms. The van der Waals surface area contributed by atoms with Crippen LogP contribution in [-0.4, -0.2) is 34.2 Å². The first-order valence-corrected chi connectivity index (χ1v) is 11.0. The number of amidine groups is 1. The Morgan fingerprint density at radius 2 is 1.83 bits per heavy atom. The van der Waals surface area contributed by atoms with Crippen molar-refractivity contribution in [2.24, 2.45) is 15.9 Å². The molecule has 35 heavy (non-hydrogen) atoms. The summed E-state index contributed by atoms with van der Waals surface area (Å²) in [6.45, 7) is 7.15. The van der Waals surface area contributed by atoms with Crippen molar-refractivity contribution in [2.45, 2.75) is 19.9 Å². The third kappa shape index (κ3) is 4.57. The van der Waals surface area contributed by atoms with E-state index < -0.39 is 12.0 Å². The number of para-hydroxylation sites is 1. The number of hydrogen-bond acceptors (Lipinski definition) is 6. The van der Waals surface area contributed by atoms with Crippen molar-refractivity contribution < 1.29 is 4.74 Å². The zero-order valence-electron chi connectivity index (χ0n) is 19.7. The van der Waals surface area contributed by atoms with Crippen LogP contribution in [-0.2, 0) is 0 Å². The summed E-state index contributed by atoms with van der Waals surface area (Å²) in [5.41, 5.74) is 2.60. The van der Waals surface area contributed by atoms with E-state index in [0.717, 1.165) is 5.39 Å². The fourth-order valence-corrected chi connectivity index (χ4v) is 3.95. The first-order valence-electron chi connectivity index (χ1n) is 11.0. The molecule has 2 aromatic heterocycles. The second-order valence-corrected chi connectivity index (χ2v) is 7.95. The van der Waals surface area contributed by atoms with Crippen LogP contribution < -0.4 is 10.3 Å². The Kier molecular flexibility index (Phi) is 6.78. The molecule has 2 aromatic carbocycles. The lowest BCUT2D eigenvalue weighted by atomic mass is 9.99. The van der Waals surface area contributed by atoms with Crippen LogP contribution in [0, 0.1) is 17.2 Å². The quantitative estimate of drug-likeness (QED) is 0.302. The van der Waals surface area contributed by atoms with E-state index in [0.29, 0.717) is 33.7 Å². The first kappa shape index (κ1) is 23.5. The lowest BCUT2D eigenvalue weighted by molar-refractivity contribution is 0.380. The highest BCUT2D eigenvalue weighted by Gasteiger charge is 2.20. The number of hydrogen-bond donors (Lipinski definition) is 0. The third-order valence-corrected chi connectivity index (χ3v) is 5.71. The predicted molar refractivity (Wildman–Crippen MR) is 137 cm³/mol. The van der Waals surface area contributed by atoms with Crippen molar-refractivity contribution in [1.29, 1.82) is 5.26 Å². The molecule has 0 fully saturated rings. The van der Waals surface area contributed by atoms with Crippen LogP contribution in [0.5, 0.6) is 6.01 Å². The van der Waals surface area contributed by atoms with Crippen LogP contribution in [0.4, 0.5) is 0 Å². The molecule has 2 heterocycles. The van der Waals surface area contributed by atoms with Gasteiger partial charge < -0.3 is 4.74 Å². The van der Waals surface area contributed by atoms with E-state index in [9.17, 15) is 10.1 Å². The number of aromatic nitrogens is 3. The van der Waals surface area contributed by atoms with Crippen molar-refractivity contribution >= 4 is 23.3 Å². The summed E-state index contributed by atoms with van der Waals surface area (Å²) in [6.07, 6.45) is 3.28. The predicted octanol–water partition coefficient (Wildman–Crippen LogP) is 4.78. The molecule has 0 aliphatic carbocycles. The van der Waals surface area contributed by atoms with Crippen molar-refractivity contribution in [1.82, 2.24) is 14.5 Å². The molecular weight excluding hydrogens is 440 g/mol. The fourth-order valence-electron chi connectivity index (χ4n) is 3.95. The highest BCUT2D eigenvalue weighted by Crippen LogP contribution is 2.30. The topological polar surface area (TPSA) is 106 Å². The maximum atomic E-state index is 14.1. The summed E-state index contributed by atoms with van der Waals surface area (Å²) >= 11 is 0. The number of pyridine rings is 1. The van der Waals surface area contributed by atoms with E-state index in [1.54, 1.807) is 23.9 Å². The molecule has 0 N–H and O–H groups in total. The van der Waals surface area contributed by atoms with Gasteiger partial charge in [0.25, 0.3) is 5.56 Å². The van der Waals surface area contributed by atoms with E-state index in [1.807, 2.05) is 61.5 Å². The summed E-state index contributed by atoms with van der Waals surface area (Å²) in [7, 11) is 1.50. The van der Waals surface area contributed by atoms with E-state index in [1.165, 1.54) is 7.11 Å². The average molecular weight is 465 g/mol. The zero-order chi connectivity index (χ0) is 24.9. The second-order valence-electron chi connectivity index (χ2n) is 7.95. The number of nitrogens with zero attached hydrogens (tertiary/aromatic N) is 6. The molecule has 0 saturated carbocycles. The molecule has 0 radical (unpaired) electrons. The Bertz CT molecular complexity index is 1500. The smallest absolute Gasteiger partial charge is 0.316 e. The number of rotatable bonds is 6. The first-order chi connectivity index (χ1) is 17.0. The van der Waals surface area contributed by atoms with Gasteiger partial charge in [0.05, 0.1) is 30.3 Å². The summed E-state index contributed by atoms with van der Waals surface area (Å²) in [4.78, 5) is 31.1. The Labute approximate surface area is 202 Å². The molecule has 0 bridgehead atoms. The molecule has 4 rings (SSSR count). The van der Waals surface area contributed by atoms with E-state index in [-0.39, 0.29) is 11.6 Å². The third-order valence-electron chi connectivity index (χ3n) is 5.71. The van der Waals surface area contributed by atoms with E-state index in [4.69, 9.17) is 4.74 Å². The van der Waals surface area contributed by atoms with Crippen LogP contribution in [0.15, 0.2) is 81.8 Å². The minimum absolute atomic E-state index is 0.196. The normalized spacial score (nSPS) is 13.1. The molecule has 0 aliphatic heterocycles. The second kappa shape index (κ2) is 10.1. The lowest BCUT2D eigenvalue weighted by Gasteiger charge is -2.19. The summed E-state index contributed by atoms with van der Waals surface area (Å²) in [5, 5.41) is 10.6. The van der Waals surface area contributed by atoms with Gasteiger partial charge in [-0.15, -0.1) is 0 Å². The maximum absolute atomic E-state index is 14.1. The standard InChI is InChI=1S/C27H24N6O2/c1-17(14-28)25(29-3)32-18(2)23-13-19-9-8-12-22(20-15-30-27(35-4)31-16-20)24(19)26(34)33(23)21-10-6-5-7-11-21/h5-13,15-18H,3H2,1-2,4H3. The Hall–Kier alpha value is -4.64. The Morgan fingerprint density at radius 3 is 2.46 bits per heavy atom. The molecule has 0 aliphatic rings. The number of fused-ring (bicyclic) bond motifs is 1. The molecular formula is C27H24N6O2. The van der Waals surface area contributed by atoms with Gasteiger partial charge in [-0.1, -0.05) is 36.4 Å². The summed E-state index contributed by atoms with van der Waals surface area (Å²) in [5.74, 6) is -0.190. The van der Waals surface area contributed by atoms with Crippen molar-refractivity contribution in [3.8, 4) is 28.9 Å². The van der Waals surface area contributed by atoms with Crippen LogP contribution in [0.25, 0.3) is 27.6 Å². The Balaban J connectivity index is 2.01. The average Bonchev–Trinajstić information content (AvgIpc) is 2.91. The molecule has 8 nitrogen and oxygen atoms in total. The summed E-state index contributed by atoms with van der Waals surface area (Å²) < 4.78 is 6.72. The highest BCUT2D eigenvalue weighted by molar-refractivity contribution is 5.96. The van der Waals surface area contributed by atoms with Crippen molar-refractivity contribution in [3.63, 3.8) is 0 Å². The molecule has 0 saturated heterocycles. The Morgan fingerprint density at radius 1 is 1.11 bits per heavy atom. The van der Waals surface area contributed by atoms with Gasteiger partial charge in [-0.3, -0.25) is 14.4 Å². The van der Waals surface area contributed by atoms with Crippen LogP contribution in [0.3, 0.4) is 0 Å². The van der Waals surface area contributed by atoms with E-state index in [2.05, 4.69) is 32.7 Å². The van der Waals surface area contributed by atoms with Gasteiger partial charge in [0, 0.05) is 23.6 Å². The van der Waals surface area contributed by atoms with Crippen molar-refractivity contribution in [3.05, 3.63) is 83.0 Å². The molecule has 174 valence electrons. The minimum Gasteiger partial charge on any atom is -0.467 e. The van der Waals surface area contributed by atoms with Gasteiger partial charge in [0.2, 0.25) is 0 Å². The zero-order valence-corrected chi connectivity index (χ0v) is 19.7. The number of methoxy groups -OCH3 is 1. The SMILES string of the molecule is C=NC(=NC(C)c1cc2cccc(-c3cnc(OC)nc3)c2c(=O)n1-c1ccccc1)C(C)C#N. The molecule has 2 unspecified atom stereocenters. The maximum Gasteiger partial charge on any atom is 0.316 e. The number of nitriles is 1. The highest BCUT2D eigenvalue weighted by atomic mass is 16.5. The number of ether oxygens (including phenoxy) is 1. The summed E-state index contributed by atoms with van der Waals surface area (Å²) in [6, 6.07) is 18.9. The molecule has 2 atom stereocenters. The van der Waals surface area contributed by atoms with Gasteiger partial charge in [0.15, 0.2) is 0 Å². The fraction of sp³-hybridized carbons (Fsp3) is 0.185. The van der Waals surface area contributed by atoms with Gasteiger partial charge in [0.1, 0.15) is 11.8 Å². The van der Waals surface area contributed by atoms with Gasteiger partial charge in [-0.05, 0) is 49.7 Å². The minimum atomic E-state index is -0.519. The molecule has 4 aromatic rings. The number of aliphatic imine (C=N–C) groups is 2. The van der Waals surface area contributed by atoms with Gasteiger partial charge in [-0.25, -0.2) is 15.0 Å². The lowest BCUT2D eigenvalue weighted by Crippen LogP contribution is -2.24. The van der Waals surface area contributed by atoms with Crippen molar-refractivity contribution in [2.75, 3.05) is 7.11 Å². The molecule has 8 heteroatoms.